The van der Waals surface area contributed by atoms with Crippen LogP contribution in [0.5, 0.6) is 0 Å². The predicted octanol–water partition coefficient (Wildman–Crippen LogP) is -0.287. The van der Waals surface area contributed by atoms with E-state index in [4.69, 9.17) is 0 Å². The van der Waals surface area contributed by atoms with Crippen molar-refractivity contribution in [3.05, 3.63) is 0 Å². The summed E-state index contributed by atoms with van der Waals surface area (Å²) in [6.07, 6.45) is 0. The van der Waals surface area contributed by atoms with E-state index in [1.807, 2.05) is 7.05 Å². The van der Waals surface area contributed by atoms with E-state index in [9.17, 15) is 8.42 Å². The van der Waals surface area contributed by atoms with E-state index in [0.717, 1.165) is 19.6 Å². The first-order chi connectivity index (χ1) is 6.43. The van der Waals surface area contributed by atoms with Gasteiger partial charge in [-0.3, -0.25) is 4.90 Å². The van der Waals surface area contributed by atoms with Gasteiger partial charge in [0.05, 0.1) is 11.0 Å². The molecule has 0 aromatic heterocycles. The highest BCUT2D eigenvalue weighted by Crippen LogP contribution is 2.08. The zero-order valence-corrected chi connectivity index (χ0v) is 9.97. The Labute approximate surface area is 86.6 Å². The maximum atomic E-state index is 11.7. The maximum absolute atomic E-state index is 11.7. The number of rotatable bonds is 3. The number of nitrogens with zero attached hydrogens (tertiary/aromatic N) is 1. The average molecular weight is 220 g/mol. The molecule has 1 aliphatic heterocycles. The molecule has 1 heterocycles. The van der Waals surface area contributed by atoms with Crippen LogP contribution in [0.4, 0.5) is 0 Å². The van der Waals surface area contributed by atoms with Gasteiger partial charge in [0.1, 0.15) is 0 Å². The zero-order chi connectivity index (χ0) is 10.8. The molecule has 84 valence electrons. The highest BCUT2D eigenvalue weighted by Gasteiger charge is 2.26. The second kappa shape index (κ2) is 4.59. The van der Waals surface area contributed by atoms with Gasteiger partial charge in [-0.15, -0.1) is 0 Å². The van der Waals surface area contributed by atoms with Gasteiger partial charge in [0.2, 0.25) is 0 Å². The minimum atomic E-state index is -2.91. The summed E-state index contributed by atoms with van der Waals surface area (Å²) in [4.78, 5) is 2.12. The monoisotopic (exact) mass is 220 g/mol. The van der Waals surface area contributed by atoms with Crippen molar-refractivity contribution in [2.75, 3.05) is 32.4 Å². The van der Waals surface area contributed by atoms with Gasteiger partial charge < -0.3 is 5.32 Å². The molecule has 1 rings (SSSR count). The highest BCUT2D eigenvalue weighted by atomic mass is 32.2. The summed E-state index contributed by atoms with van der Waals surface area (Å²) in [6, 6.07) is 0.135. The quantitative estimate of drug-likeness (QED) is 0.710. The van der Waals surface area contributed by atoms with Crippen molar-refractivity contribution in [3.63, 3.8) is 0 Å². The molecule has 1 aliphatic rings. The molecule has 1 unspecified atom stereocenters. The summed E-state index contributed by atoms with van der Waals surface area (Å²) in [6.45, 7) is 6.15. The molecule has 4 nitrogen and oxygen atoms in total. The van der Waals surface area contributed by atoms with Crippen LogP contribution in [0.25, 0.3) is 0 Å². The molecule has 0 saturated carbocycles. The zero-order valence-electron chi connectivity index (χ0n) is 9.16. The van der Waals surface area contributed by atoms with Crippen LogP contribution in [-0.4, -0.2) is 57.0 Å². The Morgan fingerprint density at radius 1 is 1.50 bits per heavy atom. The normalized spacial score (nSPS) is 25.6. The van der Waals surface area contributed by atoms with Gasteiger partial charge in [0, 0.05) is 25.7 Å². The largest absolute Gasteiger partial charge is 0.314 e. The van der Waals surface area contributed by atoms with E-state index in [2.05, 4.69) is 10.2 Å². The molecule has 1 atom stereocenters. The van der Waals surface area contributed by atoms with Crippen molar-refractivity contribution >= 4 is 9.84 Å². The number of nitrogens with one attached hydrogen (secondary N) is 1. The third kappa shape index (κ3) is 2.93. The first-order valence-corrected chi connectivity index (χ1v) is 6.77. The molecular weight excluding hydrogens is 200 g/mol. The Kier molecular flexibility index (Phi) is 3.92. The van der Waals surface area contributed by atoms with E-state index < -0.39 is 9.84 Å². The second-order valence-electron chi connectivity index (χ2n) is 4.22. The fourth-order valence-corrected chi connectivity index (χ4v) is 2.80. The molecule has 5 heteroatoms. The van der Waals surface area contributed by atoms with E-state index in [1.165, 1.54) is 0 Å². The minimum Gasteiger partial charge on any atom is -0.314 e. The number of likely N-dealkylation sites (N-methyl/N-ethyl adjacent to an activating group) is 1. The Bertz CT molecular complexity index is 275. The Morgan fingerprint density at radius 3 is 2.64 bits per heavy atom. The van der Waals surface area contributed by atoms with Crippen molar-refractivity contribution in [3.8, 4) is 0 Å². The molecule has 0 aromatic carbocycles. The number of piperazine rings is 1. The maximum Gasteiger partial charge on any atom is 0.154 e. The fourth-order valence-electron chi connectivity index (χ4n) is 1.51. The van der Waals surface area contributed by atoms with Crippen molar-refractivity contribution in [1.82, 2.24) is 10.2 Å². The lowest BCUT2D eigenvalue weighted by molar-refractivity contribution is 0.216. The van der Waals surface area contributed by atoms with Crippen LogP contribution in [0, 0.1) is 0 Å². The van der Waals surface area contributed by atoms with E-state index >= 15 is 0 Å². The number of hydrogen-bond donors (Lipinski definition) is 1. The lowest BCUT2D eigenvalue weighted by Gasteiger charge is -2.33. The summed E-state index contributed by atoms with van der Waals surface area (Å²) in [5, 5.41) is 2.95. The Morgan fingerprint density at radius 2 is 2.14 bits per heavy atom. The first kappa shape index (κ1) is 11.9. The molecule has 0 amide bonds. The minimum absolute atomic E-state index is 0.135. The molecule has 0 radical (unpaired) electrons. The molecule has 0 aliphatic carbocycles. The predicted molar refractivity (Wildman–Crippen MR) is 58.2 cm³/mol. The highest BCUT2D eigenvalue weighted by molar-refractivity contribution is 7.92. The van der Waals surface area contributed by atoms with Crippen LogP contribution in [-0.2, 0) is 9.84 Å². The molecule has 1 saturated heterocycles. The lowest BCUT2D eigenvalue weighted by Crippen LogP contribution is -2.52. The molecular formula is C9H20N2O2S. The average Bonchev–Trinajstić information content (AvgIpc) is 2.08. The molecule has 1 fully saturated rings. The van der Waals surface area contributed by atoms with Crippen LogP contribution < -0.4 is 5.32 Å². The third-order valence-electron chi connectivity index (χ3n) is 2.79. The molecule has 14 heavy (non-hydrogen) atoms. The van der Waals surface area contributed by atoms with E-state index in [0.29, 0.717) is 0 Å². The van der Waals surface area contributed by atoms with Crippen LogP contribution >= 0.6 is 0 Å². The second-order valence-corrected chi connectivity index (χ2v) is 6.82. The first-order valence-electron chi connectivity index (χ1n) is 5.06. The molecule has 0 aromatic rings. The summed E-state index contributed by atoms with van der Waals surface area (Å²) in [7, 11) is -0.925. The molecule has 0 bridgehead atoms. The summed E-state index contributed by atoms with van der Waals surface area (Å²) in [5.41, 5.74) is 0. The van der Waals surface area contributed by atoms with Crippen molar-refractivity contribution in [2.45, 2.75) is 25.1 Å². The summed E-state index contributed by atoms with van der Waals surface area (Å²) < 4.78 is 23.4. The Balaban J connectivity index is 2.58. The van der Waals surface area contributed by atoms with Gasteiger partial charge in [0.15, 0.2) is 9.84 Å². The van der Waals surface area contributed by atoms with Crippen LogP contribution in [0.2, 0.25) is 0 Å². The SMILES string of the molecule is CC(C)S(=O)(=O)CC1CNCCN1C. The smallest absolute Gasteiger partial charge is 0.154 e. The van der Waals surface area contributed by atoms with Crippen LogP contribution in [0.1, 0.15) is 13.8 Å². The van der Waals surface area contributed by atoms with Crippen molar-refractivity contribution in [1.29, 1.82) is 0 Å². The van der Waals surface area contributed by atoms with E-state index in [1.54, 1.807) is 13.8 Å². The lowest BCUT2D eigenvalue weighted by atomic mass is 10.2. The van der Waals surface area contributed by atoms with Gasteiger partial charge in [-0.25, -0.2) is 8.42 Å². The topological polar surface area (TPSA) is 49.4 Å². The van der Waals surface area contributed by atoms with Crippen LogP contribution in [0.3, 0.4) is 0 Å². The third-order valence-corrected chi connectivity index (χ3v) is 5.07. The van der Waals surface area contributed by atoms with Crippen molar-refractivity contribution in [2.24, 2.45) is 0 Å². The number of sulfone groups is 1. The standard InChI is InChI=1S/C9H20N2O2S/c1-8(2)14(12,13)7-9-6-10-4-5-11(9)3/h8-10H,4-7H2,1-3H3. The van der Waals surface area contributed by atoms with Gasteiger partial charge in [-0.1, -0.05) is 0 Å². The van der Waals surface area contributed by atoms with Gasteiger partial charge in [-0.05, 0) is 20.9 Å². The summed E-state index contributed by atoms with van der Waals surface area (Å²) >= 11 is 0. The van der Waals surface area contributed by atoms with Gasteiger partial charge in [-0.2, -0.15) is 0 Å². The number of hydrogen-bond acceptors (Lipinski definition) is 4. The van der Waals surface area contributed by atoms with Gasteiger partial charge >= 0.3 is 0 Å². The fraction of sp³-hybridized carbons (Fsp3) is 1.00. The summed E-state index contributed by atoms with van der Waals surface area (Å²) in [5.74, 6) is 0.272. The van der Waals surface area contributed by atoms with Gasteiger partial charge in [0.25, 0.3) is 0 Å². The molecule has 1 N–H and O–H groups in total. The van der Waals surface area contributed by atoms with E-state index in [-0.39, 0.29) is 17.0 Å². The van der Waals surface area contributed by atoms with Crippen LogP contribution in [0.15, 0.2) is 0 Å². The van der Waals surface area contributed by atoms with Crippen molar-refractivity contribution < 1.29 is 8.42 Å². The Hall–Kier alpha value is -0.130. The molecule has 0 spiro atoms.